The predicted octanol–water partition coefficient (Wildman–Crippen LogP) is 2.02. The molecule has 1 aromatic carbocycles. The summed E-state index contributed by atoms with van der Waals surface area (Å²) in [4.78, 5) is 9.61. The van der Waals surface area contributed by atoms with Crippen LogP contribution in [-0.4, -0.2) is 24.1 Å². The van der Waals surface area contributed by atoms with Gasteiger partial charge in [-0.15, -0.1) is 0 Å². The summed E-state index contributed by atoms with van der Waals surface area (Å²) < 4.78 is 13.7. The highest BCUT2D eigenvalue weighted by Gasteiger charge is 2.08. The quantitative estimate of drug-likeness (QED) is 0.585. The molecule has 0 amide bonds. The summed E-state index contributed by atoms with van der Waals surface area (Å²) in [5, 5.41) is 2.92. The molecular formula is C13H17FN6. The predicted molar refractivity (Wildman–Crippen MR) is 78.6 cm³/mol. The Morgan fingerprint density at radius 3 is 2.70 bits per heavy atom. The first-order valence-electron chi connectivity index (χ1n) is 6.05. The molecule has 0 spiro atoms. The minimum atomic E-state index is -0.545. The number of nitrogen functional groups attached to an aromatic ring is 1. The Hall–Kier alpha value is -2.41. The third-order valence-corrected chi connectivity index (χ3v) is 2.83. The van der Waals surface area contributed by atoms with Crippen LogP contribution in [0.25, 0.3) is 0 Å². The van der Waals surface area contributed by atoms with Gasteiger partial charge < -0.3 is 10.2 Å². The fraction of sp³-hybridized carbons (Fsp3) is 0.231. The maximum absolute atomic E-state index is 13.7. The van der Waals surface area contributed by atoms with Gasteiger partial charge in [0.05, 0.1) is 6.20 Å². The third kappa shape index (κ3) is 2.94. The van der Waals surface area contributed by atoms with E-state index in [-0.39, 0.29) is 11.8 Å². The first-order chi connectivity index (χ1) is 9.51. The summed E-state index contributed by atoms with van der Waals surface area (Å²) in [7, 11) is 3.90. The van der Waals surface area contributed by atoms with E-state index in [4.69, 9.17) is 5.84 Å². The highest BCUT2D eigenvalue weighted by atomic mass is 19.1. The number of anilines is 4. The second-order valence-corrected chi connectivity index (χ2v) is 4.56. The van der Waals surface area contributed by atoms with Crippen molar-refractivity contribution in [1.29, 1.82) is 0 Å². The summed E-state index contributed by atoms with van der Waals surface area (Å²) in [5.74, 6) is 4.89. The Labute approximate surface area is 116 Å². The molecule has 2 rings (SSSR count). The molecule has 1 aromatic heterocycles. The number of benzene rings is 1. The van der Waals surface area contributed by atoms with E-state index in [0.29, 0.717) is 0 Å². The topological polar surface area (TPSA) is 79.1 Å². The lowest BCUT2D eigenvalue weighted by atomic mass is 10.1. The second-order valence-electron chi connectivity index (χ2n) is 4.56. The van der Waals surface area contributed by atoms with E-state index in [0.717, 1.165) is 23.1 Å². The van der Waals surface area contributed by atoms with Gasteiger partial charge in [-0.05, 0) is 24.6 Å². The van der Waals surface area contributed by atoms with Crippen LogP contribution in [0.15, 0.2) is 24.4 Å². The number of aromatic nitrogens is 2. The molecule has 0 bridgehead atoms. The zero-order valence-corrected chi connectivity index (χ0v) is 11.6. The van der Waals surface area contributed by atoms with Crippen molar-refractivity contribution in [3.63, 3.8) is 0 Å². The van der Waals surface area contributed by atoms with Gasteiger partial charge in [-0.1, -0.05) is 6.07 Å². The van der Waals surface area contributed by atoms with Crippen LogP contribution in [-0.2, 0) is 0 Å². The Bertz CT molecular complexity index is 614. The molecule has 7 heteroatoms. The molecule has 0 radical (unpaired) electrons. The molecule has 2 aromatic rings. The van der Waals surface area contributed by atoms with E-state index in [1.54, 1.807) is 0 Å². The maximum Gasteiger partial charge on any atom is 0.239 e. The van der Waals surface area contributed by atoms with Crippen LogP contribution in [0.2, 0.25) is 0 Å². The molecule has 0 aliphatic rings. The smallest absolute Gasteiger partial charge is 0.239 e. The monoisotopic (exact) mass is 276 g/mol. The van der Waals surface area contributed by atoms with Crippen LogP contribution in [0.4, 0.5) is 27.5 Å². The van der Waals surface area contributed by atoms with E-state index < -0.39 is 5.82 Å². The summed E-state index contributed by atoms with van der Waals surface area (Å²) >= 11 is 0. The Balaban J connectivity index is 2.32. The van der Waals surface area contributed by atoms with Gasteiger partial charge >= 0.3 is 0 Å². The molecule has 20 heavy (non-hydrogen) atoms. The molecule has 0 aliphatic carbocycles. The van der Waals surface area contributed by atoms with Gasteiger partial charge in [0.15, 0.2) is 11.6 Å². The molecule has 0 saturated carbocycles. The van der Waals surface area contributed by atoms with Gasteiger partial charge in [-0.3, -0.25) is 5.43 Å². The second kappa shape index (κ2) is 5.70. The number of hydrogen-bond donors (Lipinski definition) is 3. The molecular weight excluding hydrogens is 259 g/mol. The molecule has 6 nitrogen and oxygen atoms in total. The normalized spacial score (nSPS) is 10.2. The number of rotatable bonds is 4. The molecule has 0 atom stereocenters. The number of halogens is 1. The van der Waals surface area contributed by atoms with Crippen molar-refractivity contribution >= 4 is 23.1 Å². The summed E-state index contributed by atoms with van der Waals surface area (Å²) in [6.07, 6.45) is 1.06. The molecule has 1 heterocycles. The van der Waals surface area contributed by atoms with Gasteiger partial charge in [-0.2, -0.15) is 4.98 Å². The first kappa shape index (κ1) is 14.0. The van der Waals surface area contributed by atoms with Gasteiger partial charge in [0.2, 0.25) is 5.95 Å². The largest absolute Gasteiger partial charge is 0.377 e. The van der Waals surface area contributed by atoms with E-state index in [1.807, 2.05) is 44.1 Å². The molecule has 4 N–H and O–H groups in total. The lowest BCUT2D eigenvalue weighted by Crippen LogP contribution is -2.12. The minimum absolute atomic E-state index is 0.0708. The lowest BCUT2D eigenvalue weighted by Gasteiger charge is -2.17. The number of nitrogens with two attached hydrogens (primary N) is 1. The third-order valence-electron chi connectivity index (χ3n) is 2.83. The Kier molecular flexibility index (Phi) is 3.99. The molecule has 0 aliphatic heterocycles. The van der Waals surface area contributed by atoms with Crippen molar-refractivity contribution in [3.8, 4) is 0 Å². The first-order valence-corrected chi connectivity index (χ1v) is 6.05. The Morgan fingerprint density at radius 1 is 1.30 bits per heavy atom. The van der Waals surface area contributed by atoms with Crippen LogP contribution in [0.3, 0.4) is 0 Å². The SMILES string of the molecule is Cc1ccc(Nc2nc(NN)ncc2F)cc1N(C)C. The van der Waals surface area contributed by atoms with Crippen molar-refractivity contribution < 1.29 is 4.39 Å². The number of aryl methyl sites for hydroxylation is 1. The Morgan fingerprint density at radius 2 is 2.05 bits per heavy atom. The van der Waals surface area contributed by atoms with Gasteiger partial charge in [-0.25, -0.2) is 15.2 Å². The zero-order chi connectivity index (χ0) is 14.7. The fourth-order valence-corrected chi connectivity index (χ4v) is 1.83. The number of hydrogen-bond acceptors (Lipinski definition) is 6. The van der Waals surface area contributed by atoms with Crippen LogP contribution < -0.4 is 21.5 Å². The average Bonchev–Trinajstić information content (AvgIpc) is 2.43. The summed E-state index contributed by atoms with van der Waals surface area (Å²) in [5.41, 5.74) is 5.19. The number of nitrogens with zero attached hydrogens (tertiary/aromatic N) is 3. The summed E-state index contributed by atoms with van der Waals surface area (Å²) in [6, 6.07) is 5.74. The number of hydrazine groups is 1. The highest BCUT2D eigenvalue weighted by Crippen LogP contribution is 2.25. The molecule has 0 unspecified atom stereocenters. The van der Waals surface area contributed by atoms with Gasteiger partial charge in [0.25, 0.3) is 0 Å². The van der Waals surface area contributed by atoms with Crippen molar-refractivity contribution in [3.05, 3.63) is 35.8 Å². The average molecular weight is 276 g/mol. The highest BCUT2D eigenvalue weighted by molar-refractivity contribution is 5.66. The van der Waals surface area contributed by atoms with E-state index >= 15 is 0 Å². The summed E-state index contributed by atoms with van der Waals surface area (Å²) in [6.45, 7) is 2.01. The fourth-order valence-electron chi connectivity index (χ4n) is 1.83. The standard InChI is InChI=1S/C13H17FN6/c1-8-4-5-9(6-11(8)20(2)3)17-12-10(14)7-16-13(18-12)19-15/h4-7H,15H2,1-3H3,(H2,16,17,18,19). The lowest BCUT2D eigenvalue weighted by molar-refractivity contribution is 0.619. The van der Waals surface area contributed by atoms with E-state index in [1.165, 1.54) is 0 Å². The molecule has 0 saturated heterocycles. The van der Waals surface area contributed by atoms with Crippen LogP contribution >= 0.6 is 0 Å². The molecule has 106 valence electrons. The van der Waals surface area contributed by atoms with Crippen molar-refractivity contribution in [2.45, 2.75) is 6.92 Å². The van der Waals surface area contributed by atoms with Crippen LogP contribution in [0.5, 0.6) is 0 Å². The van der Waals surface area contributed by atoms with Crippen molar-refractivity contribution in [2.24, 2.45) is 5.84 Å². The zero-order valence-electron chi connectivity index (χ0n) is 11.6. The van der Waals surface area contributed by atoms with E-state index in [9.17, 15) is 4.39 Å². The maximum atomic E-state index is 13.7. The van der Waals surface area contributed by atoms with Gasteiger partial charge in [0.1, 0.15) is 0 Å². The van der Waals surface area contributed by atoms with Crippen molar-refractivity contribution in [1.82, 2.24) is 9.97 Å². The van der Waals surface area contributed by atoms with Crippen LogP contribution in [0, 0.1) is 12.7 Å². The van der Waals surface area contributed by atoms with Gasteiger partial charge in [0, 0.05) is 25.5 Å². The number of nitrogens with one attached hydrogen (secondary N) is 2. The van der Waals surface area contributed by atoms with E-state index in [2.05, 4.69) is 20.7 Å². The molecule has 0 fully saturated rings. The van der Waals surface area contributed by atoms with Crippen LogP contribution in [0.1, 0.15) is 5.56 Å². The van der Waals surface area contributed by atoms with Crippen molar-refractivity contribution in [2.75, 3.05) is 29.7 Å². The minimum Gasteiger partial charge on any atom is -0.377 e.